The van der Waals surface area contributed by atoms with Crippen LogP contribution in [0, 0.1) is 0 Å². The molecule has 1 N–H and O–H groups in total. The molecule has 0 amide bonds. The predicted molar refractivity (Wildman–Crippen MR) is 75.4 cm³/mol. The number of pyridine rings is 1. The van der Waals surface area contributed by atoms with E-state index in [2.05, 4.69) is 16.9 Å². The Balaban J connectivity index is 2.77. The van der Waals surface area contributed by atoms with E-state index in [4.69, 9.17) is 0 Å². The van der Waals surface area contributed by atoms with E-state index in [0.29, 0.717) is 6.54 Å². The molecule has 0 atom stereocenters. The van der Waals surface area contributed by atoms with Crippen molar-refractivity contribution in [2.24, 2.45) is 0 Å². The van der Waals surface area contributed by atoms with Crippen LogP contribution in [-0.2, 0) is 6.18 Å². The van der Waals surface area contributed by atoms with Gasteiger partial charge in [0.05, 0.1) is 0 Å². The van der Waals surface area contributed by atoms with E-state index in [-0.39, 0.29) is 5.82 Å². The first-order valence-electron chi connectivity index (χ1n) is 6.07. The summed E-state index contributed by atoms with van der Waals surface area (Å²) in [5, 5.41) is 2.85. The lowest BCUT2D eigenvalue weighted by Gasteiger charge is -2.09. The van der Waals surface area contributed by atoms with Gasteiger partial charge in [0, 0.05) is 6.54 Å². The number of hydrogen-bond acceptors (Lipinski definition) is 2. The third kappa shape index (κ3) is 5.30. The predicted octanol–water partition coefficient (Wildman–Crippen LogP) is 4.59. The van der Waals surface area contributed by atoms with E-state index < -0.39 is 11.9 Å². The summed E-state index contributed by atoms with van der Waals surface area (Å²) < 4.78 is 37.6. The maximum Gasteiger partial charge on any atom is 0.433 e. The minimum Gasteiger partial charge on any atom is -0.366 e. The highest BCUT2D eigenvalue weighted by molar-refractivity contribution is 5.39. The number of nitrogens with zero attached hydrogens (tertiary/aromatic N) is 1. The molecule has 0 bridgehead atoms. The van der Waals surface area contributed by atoms with Crippen LogP contribution in [0.4, 0.5) is 19.0 Å². The molecule has 1 aromatic rings. The topological polar surface area (TPSA) is 24.9 Å². The van der Waals surface area contributed by atoms with Crippen LogP contribution in [0.25, 0.3) is 0 Å². The molecule has 0 aliphatic rings. The van der Waals surface area contributed by atoms with Crippen molar-refractivity contribution in [2.75, 3.05) is 11.9 Å². The number of alkyl halides is 3. The number of halogens is 3. The van der Waals surface area contributed by atoms with Gasteiger partial charge < -0.3 is 5.32 Å². The molecule has 1 aromatic heterocycles. The third-order valence-corrected chi connectivity index (χ3v) is 2.41. The van der Waals surface area contributed by atoms with Gasteiger partial charge in [-0.25, -0.2) is 4.98 Å². The van der Waals surface area contributed by atoms with E-state index in [1.54, 1.807) is 6.08 Å². The van der Waals surface area contributed by atoms with Crippen molar-refractivity contribution in [3.8, 4) is 0 Å². The van der Waals surface area contributed by atoms with Crippen LogP contribution in [0.15, 0.2) is 54.2 Å². The lowest BCUT2D eigenvalue weighted by Crippen LogP contribution is -2.11. The largest absolute Gasteiger partial charge is 0.433 e. The van der Waals surface area contributed by atoms with Crippen molar-refractivity contribution in [2.45, 2.75) is 20.0 Å². The van der Waals surface area contributed by atoms with Crippen molar-refractivity contribution < 1.29 is 13.2 Å². The lowest BCUT2D eigenvalue weighted by molar-refractivity contribution is -0.141. The number of nitrogens with one attached hydrogen (secondary N) is 1. The molecular formula is C15H17F3N2. The minimum absolute atomic E-state index is 0.185. The molecule has 1 heterocycles. The highest BCUT2D eigenvalue weighted by atomic mass is 19.4. The van der Waals surface area contributed by atoms with Gasteiger partial charge in [-0.3, -0.25) is 0 Å². The summed E-state index contributed by atoms with van der Waals surface area (Å²) in [6.07, 6.45) is 0.998. The van der Waals surface area contributed by atoms with Crippen LogP contribution in [0.3, 0.4) is 0 Å². The summed E-state index contributed by atoms with van der Waals surface area (Å²) in [6, 6.07) is 3.76. The van der Waals surface area contributed by atoms with E-state index >= 15 is 0 Å². The zero-order valence-electron chi connectivity index (χ0n) is 11.5. The van der Waals surface area contributed by atoms with Crippen LogP contribution in [-0.4, -0.2) is 11.5 Å². The Morgan fingerprint density at radius 2 is 2.00 bits per heavy atom. The van der Waals surface area contributed by atoms with Crippen molar-refractivity contribution in [1.82, 2.24) is 4.98 Å². The molecule has 0 fully saturated rings. The maximum absolute atomic E-state index is 12.5. The monoisotopic (exact) mass is 282 g/mol. The summed E-state index contributed by atoms with van der Waals surface area (Å²) in [7, 11) is 0. The first-order chi connectivity index (χ1) is 9.32. The van der Waals surface area contributed by atoms with Gasteiger partial charge in [-0.1, -0.05) is 36.4 Å². The molecule has 0 aliphatic carbocycles. The molecule has 0 unspecified atom stereocenters. The fourth-order valence-corrected chi connectivity index (χ4v) is 1.36. The smallest absolute Gasteiger partial charge is 0.366 e. The van der Waals surface area contributed by atoms with Crippen LogP contribution >= 0.6 is 0 Å². The summed E-state index contributed by atoms with van der Waals surface area (Å²) in [6.45, 7) is 7.95. The quantitative estimate of drug-likeness (QED) is 0.799. The molecule has 0 spiro atoms. The van der Waals surface area contributed by atoms with Crippen LogP contribution in [0.5, 0.6) is 0 Å². The van der Waals surface area contributed by atoms with E-state index in [1.165, 1.54) is 12.1 Å². The Bertz CT molecular complexity index is 524. The van der Waals surface area contributed by atoms with Gasteiger partial charge in [-0.05, 0) is 31.6 Å². The highest BCUT2D eigenvalue weighted by Crippen LogP contribution is 2.28. The molecule has 0 saturated carbocycles. The number of aromatic nitrogens is 1. The van der Waals surface area contributed by atoms with Gasteiger partial charge in [-0.15, -0.1) is 0 Å². The summed E-state index contributed by atoms with van der Waals surface area (Å²) >= 11 is 0. The van der Waals surface area contributed by atoms with Gasteiger partial charge in [0.1, 0.15) is 11.5 Å². The molecule has 108 valence electrons. The second-order valence-electron chi connectivity index (χ2n) is 4.45. The molecule has 0 saturated heterocycles. The molecule has 0 radical (unpaired) electrons. The summed E-state index contributed by atoms with van der Waals surface area (Å²) in [5.41, 5.74) is 1.09. The molecule has 0 aliphatic heterocycles. The second kappa shape index (κ2) is 6.93. The van der Waals surface area contributed by atoms with Crippen molar-refractivity contribution in [3.63, 3.8) is 0 Å². The van der Waals surface area contributed by atoms with Crippen LogP contribution in [0.1, 0.15) is 19.5 Å². The van der Waals surface area contributed by atoms with E-state index in [1.807, 2.05) is 26.0 Å². The molecule has 2 nitrogen and oxygen atoms in total. The van der Waals surface area contributed by atoms with E-state index in [0.717, 1.165) is 17.2 Å². The van der Waals surface area contributed by atoms with Crippen LogP contribution in [0.2, 0.25) is 0 Å². The first-order valence-corrected chi connectivity index (χ1v) is 6.07. The number of anilines is 1. The fourth-order valence-electron chi connectivity index (χ4n) is 1.36. The van der Waals surface area contributed by atoms with Crippen LogP contribution < -0.4 is 5.32 Å². The van der Waals surface area contributed by atoms with Crippen molar-refractivity contribution in [3.05, 3.63) is 59.8 Å². The Morgan fingerprint density at radius 1 is 1.30 bits per heavy atom. The lowest BCUT2D eigenvalue weighted by atomic mass is 10.2. The normalized spacial score (nSPS) is 11.9. The number of rotatable bonds is 5. The first kappa shape index (κ1) is 16.0. The standard InChI is InChI=1S/C15H17F3N2/c1-4-12(9-8-11(2)3)10-19-14-7-5-6-13(20-14)15(16,17)18/h4-9H,1,10H2,2-3H3,(H,19,20)/b12-9+. The molecular weight excluding hydrogens is 265 g/mol. The number of hydrogen-bond donors (Lipinski definition) is 1. The summed E-state index contributed by atoms with van der Waals surface area (Å²) in [4.78, 5) is 3.53. The Labute approximate surface area is 116 Å². The average Bonchev–Trinajstić information content (AvgIpc) is 2.38. The molecule has 5 heteroatoms. The van der Waals surface area contributed by atoms with Gasteiger partial charge in [0.2, 0.25) is 0 Å². The van der Waals surface area contributed by atoms with Crippen molar-refractivity contribution >= 4 is 5.82 Å². The fraction of sp³-hybridized carbons (Fsp3) is 0.267. The average molecular weight is 282 g/mol. The van der Waals surface area contributed by atoms with Gasteiger partial charge in [0.25, 0.3) is 0 Å². The van der Waals surface area contributed by atoms with Gasteiger partial charge in [0.15, 0.2) is 0 Å². The van der Waals surface area contributed by atoms with Crippen molar-refractivity contribution in [1.29, 1.82) is 0 Å². The van der Waals surface area contributed by atoms with E-state index in [9.17, 15) is 13.2 Å². The van der Waals surface area contributed by atoms with Gasteiger partial charge >= 0.3 is 6.18 Å². The third-order valence-electron chi connectivity index (χ3n) is 2.41. The number of allylic oxidation sites excluding steroid dienone is 3. The second-order valence-corrected chi connectivity index (χ2v) is 4.45. The van der Waals surface area contributed by atoms with Gasteiger partial charge in [-0.2, -0.15) is 13.2 Å². The Morgan fingerprint density at radius 3 is 2.55 bits per heavy atom. The Hall–Kier alpha value is -2.04. The SMILES string of the molecule is C=C/C(=C\C=C(C)C)CNc1cccc(C(F)(F)F)n1. The minimum atomic E-state index is -4.43. The zero-order chi connectivity index (χ0) is 15.2. The zero-order valence-corrected chi connectivity index (χ0v) is 11.5. The Kier molecular flexibility index (Phi) is 5.55. The molecule has 20 heavy (non-hydrogen) atoms. The summed E-state index contributed by atoms with van der Waals surface area (Å²) in [5.74, 6) is 0.185. The molecule has 1 rings (SSSR count). The highest BCUT2D eigenvalue weighted by Gasteiger charge is 2.32. The maximum atomic E-state index is 12.5. The molecule has 0 aromatic carbocycles.